The van der Waals surface area contributed by atoms with E-state index in [0.29, 0.717) is 12.4 Å². The summed E-state index contributed by atoms with van der Waals surface area (Å²) in [5.74, 6) is 0.930. The number of nitrogen functional groups attached to an aromatic ring is 1. The fourth-order valence-corrected chi connectivity index (χ4v) is 2.52. The van der Waals surface area contributed by atoms with Gasteiger partial charge in [-0.2, -0.15) is 4.98 Å². The Kier molecular flexibility index (Phi) is 3.47. The fraction of sp³-hybridized carbons (Fsp3) is 0.556. The first kappa shape index (κ1) is 11.4. The molecule has 0 saturated carbocycles. The maximum absolute atomic E-state index is 11.5. The number of hydrogen-bond acceptors (Lipinski definition) is 6. The second-order valence-corrected chi connectivity index (χ2v) is 4.54. The molecule has 0 aliphatic carbocycles. The first-order valence-corrected chi connectivity index (χ1v) is 5.86. The fourth-order valence-electron chi connectivity index (χ4n) is 1.46. The van der Waals surface area contributed by atoms with E-state index in [1.165, 1.54) is 4.57 Å². The lowest BCUT2D eigenvalue weighted by Crippen LogP contribution is -2.28. The zero-order valence-electron chi connectivity index (χ0n) is 8.83. The van der Waals surface area contributed by atoms with Crippen molar-refractivity contribution in [2.75, 3.05) is 25.2 Å². The van der Waals surface area contributed by atoms with Gasteiger partial charge in [0.05, 0.1) is 6.61 Å². The molecular weight excluding hydrogens is 230 g/mol. The van der Waals surface area contributed by atoms with Gasteiger partial charge in [-0.1, -0.05) is 0 Å². The van der Waals surface area contributed by atoms with E-state index in [0.717, 1.165) is 0 Å². The largest absolute Gasteiger partial charge is 0.383 e. The van der Waals surface area contributed by atoms with Crippen molar-refractivity contribution in [1.29, 1.82) is 0 Å². The van der Waals surface area contributed by atoms with Crippen LogP contribution in [0, 0.1) is 0 Å². The van der Waals surface area contributed by atoms with Crippen molar-refractivity contribution in [3.63, 3.8) is 0 Å². The van der Waals surface area contributed by atoms with Crippen LogP contribution in [0.2, 0.25) is 0 Å². The molecule has 88 valence electrons. The second-order valence-electron chi connectivity index (χ2n) is 3.35. The monoisotopic (exact) mass is 243 g/mol. The van der Waals surface area contributed by atoms with Gasteiger partial charge in [-0.15, -0.1) is 11.8 Å². The van der Waals surface area contributed by atoms with Gasteiger partial charge in [0.15, 0.2) is 0 Å². The topological polar surface area (TPSA) is 79.4 Å². The molecule has 0 bridgehead atoms. The van der Waals surface area contributed by atoms with Gasteiger partial charge < -0.3 is 15.2 Å². The summed E-state index contributed by atoms with van der Waals surface area (Å²) >= 11 is 1.62. The molecule has 0 spiro atoms. The molecule has 1 saturated heterocycles. The van der Waals surface area contributed by atoms with Gasteiger partial charge in [-0.3, -0.25) is 4.57 Å². The van der Waals surface area contributed by atoms with Gasteiger partial charge in [-0.05, 0) is 6.07 Å². The maximum Gasteiger partial charge on any atom is 0.351 e. The van der Waals surface area contributed by atoms with Crippen LogP contribution in [-0.2, 0) is 9.47 Å². The van der Waals surface area contributed by atoms with E-state index in [2.05, 4.69) is 4.98 Å². The number of anilines is 1. The van der Waals surface area contributed by atoms with Crippen LogP contribution in [0.3, 0.4) is 0 Å². The Bertz CT molecular complexity index is 423. The molecule has 1 aromatic rings. The molecule has 0 radical (unpaired) electrons. The Balaban J connectivity index is 2.11. The molecular formula is C9H13N3O3S. The number of nitrogens with zero attached hydrogens (tertiary/aromatic N) is 2. The Morgan fingerprint density at radius 3 is 3.31 bits per heavy atom. The van der Waals surface area contributed by atoms with Crippen molar-refractivity contribution in [3.05, 3.63) is 22.7 Å². The van der Waals surface area contributed by atoms with Gasteiger partial charge in [0, 0.05) is 19.1 Å². The van der Waals surface area contributed by atoms with Gasteiger partial charge in [0.2, 0.25) is 0 Å². The minimum absolute atomic E-state index is 0.0283. The average molecular weight is 243 g/mol. The summed E-state index contributed by atoms with van der Waals surface area (Å²) in [6.45, 7) is 0.512. The molecule has 6 nitrogen and oxygen atoms in total. The highest BCUT2D eigenvalue weighted by Crippen LogP contribution is 2.30. The quantitative estimate of drug-likeness (QED) is 0.808. The molecule has 0 amide bonds. The second kappa shape index (κ2) is 4.86. The molecule has 1 aliphatic rings. The molecule has 2 N–H and O–H groups in total. The highest BCUT2D eigenvalue weighted by molar-refractivity contribution is 8.00. The van der Waals surface area contributed by atoms with E-state index in [9.17, 15) is 4.79 Å². The van der Waals surface area contributed by atoms with Crippen LogP contribution in [0.25, 0.3) is 0 Å². The van der Waals surface area contributed by atoms with E-state index in [1.54, 1.807) is 31.1 Å². The predicted octanol–water partition coefficient (Wildman–Crippen LogP) is 0.0600. The number of nitrogens with two attached hydrogens (primary N) is 1. The summed E-state index contributed by atoms with van der Waals surface area (Å²) in [5, 5.41) is 0. The number of thioether (sulfide) groups is 1. The first-order chi connectivity index (χ1) is 7.70. The van der Waals surface area contributed by atoms with E-state index >= 15 is 0 Å². The third-order valence-corrected chi connectivity index (χ3v) is 3.29. The van der Waals surface area contributed by atoms with Crippen LogP contribution in [-0.4, -0.2) is 34.5 Å². The highest BCUT2D eigenvalue weighted by atomic mass is 32.2. The zero-order chi connectivity index (χ0) is 11.5. The summed E-state index contributed by atoms with van der Waals surface area (Å²) < 4.78 is 12.1. The first-order valence-electron chi connectivity index (χ1n) is 4.81. The maximum atomic E-state index is 11.5. The third kappa shape index (κ3) is 2.37. The van der Waals surface area contributed by atoms with Crippen molar-refractivity contribution in [1.82, 2.24) is 9.55 Å². The van der Waals surface area contributed by atoms with Crippen molar-refractivity contribution in [3.8, 4) is 0 Å². The summed E-state index contributed by atoms with van der Waals surface area (Å²) in [6.07, 6.45) is 1.32. The standard InChI is InChI=1S/C9H13N3O3S/c1-14-4-8-15-7(5-16-8)12-3-2-6(10)11-9(12)13/h2-3,7-8H,4-5H2,1H3,(H2,10,11,13). The zero-order valence-corrected chi connectivity index (χ0v) is 9.64. The molecule has 1 aliphatic heterocycles. The van der Waals surface area contributed by atoms with Gasteiger partial charge >= 0.3 is 5.69 Å². The molecule has 16 heavy (non-hydrogen) atoms. The molecule has 0 aromatic carbocycles. The number of hydrogen-bond donors (Lipinski definition) is 1. The van der Waals surface area contributed by atoms with E-state index < -0.39 is 0 Å². The molecule has 1 fully saturated rings. The number of rotatable bonds is 3. The van der Waals surface area contributed by atoms with Gasteiger partial charge in [0.25, 0.3) is 0 Å². The SMILES string of the molecule is COCC1OC(n2ccc(N)nc2=O)CS1. The lowest BCUT2D eigenvalue weighted by atomic mass is 10.5. The Morgan fingerprint density at radius 2 is 2.62 bits per heavy atom. The van der Waals surface area contributed by atoms with E-state index in [-0.39, 0.29) is 23.2 Å². The summed E-state index contributed by atoms with van der Waals surface area (Å²) in [4.78, 5) is 15.2. The van der Waals surface area contributed by atoms with Crippen LogP contribution in [0.4, 0.5) is 5.82 Å². The van der Waals surface area contributed by atoms with Crippen molar-refractivity contribution < 1.29 is 9.47 Å². The van der Waals surface area contributed by atoms with Crippen LogP contribution in [0.5, 0.6) is 0 Å². The summed E-state index contributed by atoms with van der Waals surface area (Å²) in [5.41, 5.74) is 5.00. The average Bonchev–Trinajstić information content (AvgIpc) is 2.67. The summed E-state index contributed by atoms with van der Waals surface area (Å²) in [6, 6.07) is 1.58. The van der Waals surface area contributed by atoms with Crippen LogP contribution in [0.15, 0.2) is 17.1 Å². The lowest BCUT2D eigenvalue weighted by molar-refractivity contribution is -0.0152. The molecule has 1 aromatic heterocycles. The number of ether oxygens (including phenoxy) is 2. The van der Waals surface area contributed by atoms with Gasteiger partial charge in [0.1, 0.15) is 17.5 Å². The molecule has 2 rings (SSSR count). The van der Waals surface area contributed by atoms with E-state index in [4.69, 9.17) is 15.2 Å². The van der Waals surface area contributed by atoms with Crippen molar-refractivity contribution in [2.45, 2.75) is 11.7 Å². The molecule has 2 atom stereocenters. The van der Waals surface area contributed by atoms with E-state index in [1.807, 2.05) is 0 Å². The molecule has 2 heterocycles. The predicted molar refractivity (Wildman–Crippen MR) is 61.2 cm³/mol. The number of aromatic nitrogens is 2. The van der Waals surface area contributed by atoms with Crippen LogP contribution < -0.4 is 11.4 Å². The lowest BCUT2D eigenvalue weighted by Gasteiger charge is -2.13. The highest BCUT2D eigenvalue weighted by Gasteiger charge is 2.27. The molecule has 2 unspecified atom stereocenters. The smallest absolute Gasteiger partial charge is 0.351 e. The Morgan fingerprint density at radius 1 is 1.81 bits per heavy atom. The Labute approximate surface area is 96.8 Å². The minimum Gasteiger partial charge on any atom is -0.383 e. The Hall–Kier alpha value is -1.05. The van der Waals surface area contributed by atoms with Crippen molar-refractivity contribution >= 4 is 17.6 Å². The number of methoxy groups -OCH3 is 1. The molecule has 7 heteroatoms. The van der Waals surface area contributed by atoms with Crippen LogP contribution in [0.1, 0.15) is 6.23 Å². The van der Waals surface area contributed by atoms with Crippen LogP contribution >= 0.6 is 11.8 Å². The third-order valence-electron chi connectivity index (χ3n) is 2.20. The summed E-state index contributed by atoms with van der Waals surface area (Å²) in [7, 11) is 1.62. The minimum atomic E-state index is -0.385. The van der Waals surface area contributed by atoms with Gasteiger partial charge in [-0.25, -0.2) is 4.79 Å². The normalized spacial score (nSPS) is 24.8. The van der Waals surface area contributed by atoms with Crippen molar-refractivity contribution in [2.24, 2.45) is 0 Å².